The van der Waals surface area contributed by atoms with Crippen molar-refractivity contribution in [2.75, 3.05) is 38.3 Å². The molecule has 0 aliphatic carbocycles. The van der Waals surface area contributed by atoms with Crippen LogP contribution in [-0.2, 0) is 11.3 Å². The predicted octanol–water partition coefficient (Wildman–Crippen LogP) is 0.590. The molecule has 3 N–H and O–H groups in total. The van der Waals surface area contributed by atoms with Crippen molar-refractivity contribution in [3.8, 4) is 0 Å². The number of aliphatic hydroxyl groups excluding tert-OH is 1. The molecule has 16 heavy (non-hydrogen) atoms. The zero-order chi connectivity index (χ0) is 11.8. The first-order chi connectivity index (χ1) is 7.79. The number of nitrogens with zero attached hydrogens (tertiary/aromatic N) is 1. The Balaban J connectivity index is 2.48. The van der Waals surface area contributed by atoms with E-state index >= 15 is 0 Å². The van der Waals surface area contributed by atoms with Crippen molar-refractivity contribution in [1.82, 2.24) is 0 Å². The topological polar surface area (TPSA) is 58.7 Å². The van der Waals surface area contributed by atoms with Crippen LogP contribution < -0.4 is 10.6 Å². The molecule has 0 saturated carbocycles. The summed E-state index contributed by atoms with van der Waals surface area (Å²) in [5, 5.41) is 8.58. The lowest BCUT2D eigenvalue weighted by Crippen LogP contribution is -2.24. The molecule has 1 aromatic rings. The van der Waals surface area contributed by atoms with Gasteiger partial charge in [-0.25, -0.2) is 0 Å². The van der Waals surface area contributed by atoms with Crippen molar-refractivity contribution in [3.63, 3.8) is 0 Å². The fourth-order valence-corrected chi connectivity index (χ4v) is 1.54. The lowest BCUT2D eigenvalue weighted by molar-refractivity contribution is 0.0971. The van der Waals surface area contributed by atoms with Gasteiger partial charge in [0.05, 0.1) is 19.8 Å². The van der Waals surface area contributed by atoms with Gasteiger partial charge in [0.25, 0.3) is 0 Å². The Labute approximate surface area is 96.6 Å². The van der Waals surface area contributed by atoms with Crippen LogP contribution in [0.15, 0.2) is 24.3 Å². The molecule has 0 aliphatic heterocycles. The Morgan fingerprint density at radius 1 is 1.31 bits per heavy atom. The lowest BCUT2D eigenvalue weighted by Gasteiger charge is -2.21. The van der Waals surface area contributed by atoms with E-state index in [0.717, 1.165) is 17.8 Å². The van der Waals surface area contributed by atoms with Crippen molar-refractivity contribution in [3.05, 3.63) is 29.8 Å². The van der Waals surface area contributed by atoms with E-state index in [4.69, 9.17) is 15.6 Å². The van der Waals surface area contributed by atoms with E-state index in [1.54, 1.807) is 0 Å². The highest BCUT2D eigenvalue weighted by Crippen LogP contribution is 2.17. The molecule has 0 fully saturated rings. The molecule has 0 aliphatic rings. The summed E-state index contributed by atoms with van der Waals surface area (Å²) in [6.45, 7) is 2.40. The highest BCUT2D eigenvalue weighted by molar-refractivity contribution is 5.52. The first-order valence-corrected chi connectivity index (χ1v) is 5.47. The van der Waals surface area contributed by atoms with Crippen LogP contribution in [0.5, 0.6) is 0 Å². The fourth-order valence-electron chi connectivity index (χ4n) is 1.54. The Bertz CT molecular complexity index is 305. The van der Waals surface area contributed by atoms with Crippen molar-refractivity contribution in [2.24, 2.45) is 5.73 Å². The van der Waals surface area contributed by atoms with Crippen LogP contribution in [0.25, 0.3) is 0 Å². The van der Waals surface area contributed by atoms with Crippen LogP contribution in [0, 0.1) is 0 Å². The molecule has 0 atom stereocenters. The summed E-state index contributed by atoms with van der Waals surface area (Å²) in [6.07, 6.45) is 0. The summed E-state index contributed by atoms with van der Waals surface area (Å²) in [6, 6.07) is 8.07. The number of hydrogen-bond acceptors (Lipinski definition) is 4. The Hall–Kier alpha value is -1.10. The molecule has 0 unspecified atom stereocenters. The summed E-state index contributed by atoms with van der Waals surface area (Å²) in [4.78, 5) is 2.11. The maximum Gasteiger partial charge on any atom is 0.0698 e. The summed E-state index contributed by atoms with van der Waals surface area (Å²) in [5.41, 5.74) is 7.94. The fraction of sp³-hybridized carbons (Fsp3) is 0.500. The number of nitrogens with two attached hydrogens (primary N) is 1. The van der Waals surface area contributed by atoms with Gasteiger partial charge in [-0.15, -0.1) is 0 Å². The summed E-state index contributed by atoms with van der Waals surface area (Å²) in [7, 11) is 2.01. The van der Waals surface area contributed by atoms with E-state index in [-0.39, 0.29) is 6.61 Å². The molecular weight excluding hydrogens is 204 g/mol. The quantitative estimate of drug-likeness (QED) is 0.666. The second kappa shape index (κ2) is 7.22. The third-order valence-electron chi connectivity index (χ3n) is 2.43. The number of likely N-dealkylation sites (N-methyl/N-ethyl adjacent to an activating group) is 1. The minimum absolute atomic E-state index is 0.0725. The van der Waals surface area contributed by atoms with Gasteiger partial charge in [-0.2, -0.15) is 0 Å². The van der Waals surface area contributed by atoms with Crippen LogP contribution >= 0.6 is 0 Å². The van der Waals surface area contributed by atoms with Gasteiger partial charge in [-0.05, 0) is 11.6 Å². The Morgan fingerprint density at radius 3 is 2.75 bits per heavy atom. The van der Waals surface area contributed by atoms with Crippen LogP contribution in [0.4, 0.5) is 5.69 Å². The molecule has 4 nitrogen and oxygen atoms in total. The normalized spacial score (nSPS) is 10.4. The predicted molar refractivity (Wildman–Crippen MR) is 65.5 cm³/mol. The number of ether oxygens (including phenoxy) is 1. The lowest BCUT2D eigenvalue weighted by atomic mass is 10.1. The van der Waals surface area contributed by atoms with Crippen LogP contribution in [0.1, 0.15) is 5.56 Å². The van der Waals surface area contributed by atoms with Gasteiger partial charge in [-0.1, -0.05) is 18.2 Å². The van der Waals surface area contributed by atoms with Crippen molar-refractivity contribution < 1.29 is 9.84 Å². The maximum atomic E-state index is 8.58. The van der Waals surface area contributed by atoms with E-state index in [0.29, 0.717) is 19.8 Å². The molecule has 90 valence electrons. The average Bonchev–Trinajstić information content (AvgIpc) is 2.34. The standard InChI is InChI=1S/C12H20N2O2/c1-14(6-8-16-9-7-15)12-5-3-2-4-11(12)10-13/h2-5,15H,6-10,13H2,1H3. The molecule has 1 rings (SSSR count). The van der Waals surface area contributed by atoms with Gasteiger partial charge in [0.15, 0.2) is 0 Å². The van der Waals surface area contributed by atoms with Crippen molar-refractivity contribution in [2.45, 2.75) is 6.54 Å². The second-order valence-corrected chi connectivity index (χ2v) is 3.59. The number of aliphatic hydroxyl groups is 1. The monoisotopic (exact) mass is 224 g/mol. The molecule has 0 radical (unpaired) electrons. The van der Waals surface area contributed by atoms with Gasteiger partial charge in [0.2, 0.25) is 0 Å². The zero-order valence-electron chi connectivity index (χ0n) is 9.72. The number of hydrogen-bond donors (Lipinski definition) is 2. The summed E-state index contributed by atoms with van der Waals surface area (Å²) < 4.78 is 5.23. The van der Waals surface area contributed by atoms with E-state index in [2.05, 4.69) is 4.90 Å². The molecule has 1 aromatic carbocycles. The first-order valence-electron chi connectivity index (χ1n) is 5.47. The van der Waals surface area contributed by atoms with Crippen molar-refractivity contribution >= 4 is 5.69 Å². The van der Waals surface area contributed by atoms with Crippen molar-refractivity contribution in [1.29, 1.82) is 0 Å². The third-order valence-corrected chi connectivity index (χ3v) is 2.43. The second-order valence-electron chi connectivity index (χ2n) is 3.59. The van der Waals surface area contributed by atoms with Gasteiger partial charge >= 0.3 is 0 Å². The van der Waals surface area contributed by atoms with E-state index in [1.807, 2.05) is 31.3 Å². The summed E-state index contributed by atoms with van der Waals surface area (Å²) in [5.74, 6) is 0. The van der Waals surface area contributed by atoms with Gasteiger partial charge < -0.3 is 20.5 Å². The van der Waals surface area contributed by atoms with Crippen LogP contribution in [0.3, 0.4) is 0 Å². The van der Waals surface area contributed by atoms with E-state index < -0.39 is 0 Å². The number of anilines is 1. The highest BCUT2D eigenvalue weighted by Gasteiger charge is 2.04. The van der Waals surface area contributed by atoms with Crippen LogP contribution in [-0.4, -0.2) is 38.5 Å². The van der Waals surface area contributed by atoms with E-state index in [9.17, 15) is 0 Å². The number of rotatable bonds is 7. The largest absolute Gasteiger partial charge is 0.394 e. The smallest absolute Gasteiger partial charge is 0.0698 e. The minimum Gasteiger partial charge on any atom is -0.394 e. The summed E-state index contributed by atoms with van der Waals surface area (Å²) >= 11 is 0. The Kier molecular flexibility index (Phi) is 5.85. The molecule has 0 aromatic heterocycles. The number of benzene rings is 1. The van der Waals surface area contributed by atoms with E-state index in [1.165, 1.54) is 0 Å². The minimum atomic E-state index is 0.0725. The van der Waals surface area contributed by atoms with Crippen LogP contribution in [0.2, 0.25) is 0 Å². The molecule has 0 saturated heterocycles. The van der Waals surface area contributed by atoms with Gasteiger partial charge in [0, 0.05) is 25.8 Å². The number of para-hydroxylation sites is 1. The Morgan fingerprint density at radius 2 is 2.06 bits per heavy atom. The molecule has 0 amide bonds. The third kappa shape index (κ3) is 3.81. The molecule has 0 bridgehead atoms. The average molecular weight is 224 g/mol. The van der Waals surface area contributed by atoms with Gasteiger partial charge in [0.1, 0.15) is 0 Å². The zero-order valence-corrected chi connectivity index (χ0v) is 9.72. The molecule has 4 heteroatoms. The first kappa shape index (κ1) is 13.0. The SMILES string of the molecule is CN(CCOCCO)c1ccccc1CN. The molecule has 0 spiro atoms. The maximum absolute atomic E-state index is 8.58. The molecular formula is C12H20N2O2. The van der Waals surface area contributed by atoms with Gasteiger partial charge in [-0.3, -0.25) is 0 Å². The highest BCUT2D eigenvalue weighted by atomic mass is 16.5. The molecule has 0 heterocycles.